The number of hydrogen-bond acceptors (Lipinski definition) is 6. The van der Waals surface area contributed by atoms with E-state index in [0.717, 1.165) is 5.75 Å². The second-order valence-corrected chi connectivity index (χ2v) is 12.4. The van der Waals surface area contributed by atoms with E-state index in [4.69, 9.17) is 14.2 Å². The van der Waals surface area contributed by atoms with Gasteiger partial charge in [0.05, 0.1) is 5.56 Å². The zero-order valence-electron chi connectivity index (χ0n) is 23.7. The number of likely N-dealkylation sites (tertiary alicyclic amines) is 1. The molecule has 1 aliphatic rings. The molecule has 6 nitrogen and oxygen atoms in total. The normalized spacial score (nSPS) is 18.6. The fourth-order valence-corrected chi connectivity index (χ4v) is 5.40. The van der Waals surface area contributed by atoms with Crippen LogP contribution in [0.25, 0.3) is 0 Å². The van der Waals surface area contributed by atoms with Crippen molar-refractivity contribution in [1.29, 1.82) is 0 Å². The fourth-order valence-electron chi connectivity index (χ4n) is 5.40. The van der Waals surface area contributed by atoms with E-state index in [0.29, 0.717) is 24.9 Å². The van der Waals surface area contributed by atoms with Gasteiger partial charge in [-0.15, -0.1) is 0 Å². The van der Waals surface area contributed by atoms with Crippen LogP contribution < -0.4 is 4.74 Å². The van der Waals surface area contributed by atoms with Crippen LogP contribution in [-0.2, 0) is 19.7 Å². The zero-order valence-corrected chi connectivity index (χ0v) is 23.7. The van der Waals surface area contributed by atoms with E-state index in [2.05, 4.69) is 65.5 Å². The van der Waals surface area contributed by atoms with Crippen molar-refractivity contribution in [3.05, 3.63) is 65.7 Å². The Morgan fingerprint density at radius 3 is 2.03 bits per heavy atom. The third-order valence-electron chi connectivity index (χ3n) is 7.07. The third kappa shape index (κ3) is 7.81. The molecule has 0 amide bonds. The summed E-state index contributed by atoms with van der Waals surface area (Å²) >= 11 is 0. The summed E-state index contributed by atoms with van der Waals surface area (Å²) in [5.41, 5.74) is 1.27. The van der Waals surface area contributed by atoms with Crippen LogP contribution in [0, 0.1) is 0 Å². The molecule has 0 radical (unpaired) electrons. The van der Waals surface area contributed by atoms with Crippen molar-refractivity contribution in [3.8, 4) is 5.75 Å². The van der Waals surface area contributed by atoms with Crippen LogP contribution in [0.15, 0.2) is 54.6 Å². The maximum Gasteiger partial charge on any atom is 0.338 e. The Balaban J connectivity index is 1.68. The predicted molar refractivity (Wildman–Crippen MR) is 146 cm³/mol. The summed E-state index contributed by atoms with van der Waals surface area (Å²) in [5, 5.41) is 0. The number of ether oxygens (including phenoxy) is 3. The first kappa shape index (κ1) is 28.7. The number of nitrogens with zero attached hydrogens (tertiary/aromatic N) is 1. The number of carbonyl (C=O) groups is 2. The van der Waals surface area contributed by atoms with Crippen molar-refractivity contribution in [2.75, 3.05) is 13.2 Å². The number of esters is 2. The highest BCUT2D eigenvalue weighted by Gasteiger charge is 2.47. The molecule has 0 aliphatic carbocycles. The number of hydrogen-bond donors (Lipinski definition) is 0. The van der Waals surface area contributed by atoms with Gasteiger partial charge >= 0.3 is 11.9 Å². The van der Waals surface area contributed by atoms with Crippen molar-refractivity contribution in [3.63, 3.8) is 0 Å². The van der Waals surface area contributed by atoms with Crippen molar-refractivity contribution in [1.82, 2.24) is 4.90 Å². The molecule has 1 heterocycles. The quantitative estimate of drug-likeness (QED) is 0.396. The Labute approximate surface area is 222 Å². The molecule has 1 unspecified atom stereocenters. The Kier molecular flexibility index (Phi) is 8.74. The number of rotatable bonds is 8. The van der Waals surface area contributed by atoms with E-state index in [9.17, 15) is 9.59 Å². The zero-order chi connectivity index (χ0) is 27.4. The molecule has 1 fully saturated rings. The van der Waals surface area contributed by atoms with Gasteiger partial charge in [-0.1, -0.05) is 51.1 Å². The maximum absolute atomic E-state index is 12.7. The minimum atomic E-state index is -0.443. The van der Waals surface area contributed by atoms with Crippen LogP contribution in [0.3, 0.4) is 0 Å². The lowest BCUT2D eigenvalue weighted by molar-refractivity contribution is -0.155. The largest absolute Gasteiger partial charge is 0.490 e. The van der Waals surface area contributed by atoms with Gasteiger partial charge < -0.3 is 14.2 Å². The summed E-state index contributed by atoms with van der Waals surface area (Å²) in [6.45, 7) is 17.3. The van der Waals surface area contributed by atoms with Gasteiger partial charge in [-0.25, -0.2) is 4.79 Å². The summed E-state index contributed by atoms with van der Waals surface area (Å²) in [6, 6.07) is 17.2. The third-order valence-corrected chi connectivity index (χ3v) is 7.07. The Morgan fingerprint density at radius 2 is 1.51 bits per heavy atom. The molecular weight excluding hydrogens is 466 g/mol. The fraction of sp³-hybridized carbons (Fsp3) is 0.548. The second kappa shape index (κ2) is 11.3. The van der Waals surface area contributed by atoms with Crippen LogP contribution >= 0.6 is 0 Å². The van der Waals surface area contributed by atoms with Crippen LogP contribution in [-0.4, -0.2) is 53.3 Å². The topological polar surface area (TPSA) is 65.1 Å². The van der Waals surface area contributed by atoms with Gasteiger partial charge in [0, 0.05) is 37.4 Å². The van der Waals surface area contributed by atoms with E-state index < -0.39 is 6.10 Å². The number of carbonyl (C=O) groups excluding carboxylic acids is 2. The Hall–Kier alpha value is -2.86. The Morgan fingerprint density at radius 1 is 0.946 bits per heavy atom. The van der Waals surface area contributed by atoms with Gasteiger partial charge in [0.2, 0.25) is 0 Å². The summed E-state index contributed by atoms with van der Waals surface area (Å²) in [4.78, 5) is 27.0. The van der Waals surface area contributed by atoms with Gasteiger partial charge in [-0.3, -0.25) is 9.69 Å². The van der Waals surface area contributed by atoms with E-state index in [-0.39, 0.29) is 41.1 Å². The number of benzene rings is 2. The minimum Gasteiger partial charge on any atom is -0.490 e. The summed E-state index contributed by atoms with van der Waals surface area (Å²) in [5.74, 6) is 0.114. The highest BCUT2D eigenvalue weighted by Crippen LogP contribution is 2.40. The van der Waals surface area contributed by atoms with Crippen LogP contribution in [0.1, 0.15) is 84.2 Å². The molecule has 6 heteroatoms. The molecule has 0 bridgehead atoms. The van der Waals surface area contributed by atoms with Crippen LogP contribution in [0.2, 0.25) is 0 Å². The lowest BCUT2D eigenvalue weighted by atomic mass is 9.77. The molecule has 0 N–H and O–H groups in total. The average molecular weight is 510 g/mol. The SMILES string of the molecule is CC(=O)OC(COc1ccc(C(C)(C)C)cc1)CN1C(C)(C)CC(OC(=O)c2ccccc2)CC1(C)C. The highest BCUT2D eigenvalue weighted by atomic mass is 16.6. The van der Waals surface area contributed by atoms with E-state index in [1.54, 1.807) is 12.1 Å². The van der Waals surface area contributed by atoms with Crippen molar-refractivity contribution < 1.29 is 23.8 Å². The minimum absolute atomic E-state index is 0.0670. The van der Waals surface area contributed by atoms with Crippen LogP contribution in [0.5, 0.6) is 5.75 Å². The molecule has 0 spiro atoms. The van der Waals surface area contributed by atoms with Gasteiger partial charge in [-0.2, -0.15) is 0 Å². The van der Waals surface area contributed by atoms with Crippen molar-refractivity contribution in [2.24, 2.45) is 0 Å². The van der Waals surface area contributed by atoms with Gasteiger partial charge in [-0.05, 0) is 62.9 Å². The van der Waals surface area contributed by atoms with Crippen LogP contribution in [0.4, 0.5) is 0 Å². The van der Waals surface area contributed by atoms with E-state index in [1.807, 2.05) is 30.3 Å². The van der Waals surface area contributed by atoms with Crippen molar-refractivity contribution in [2.45, 2.75) is 96.9 Å². The second-order valence-electron chi connectivity index (χ2n) is 12.4. The average Bonchev–Trinajstić information content (AvgIpc) is 2.79. The van der Waals surface area contributed by atoms with Gasteiger partial charge in [0.15, 0.2) is 0 Å². The lowest BCUT2D eigenvalue weighted by Gasteiger charge is -2.55. The molecular formula is C31H43NO5. The standard InChI is InChI=1S/C31H43NO5/c1-22(33)36-27(21-35-25-16-14-24(15-17-25)29(2,3)4)20-32-30(5,6)18-26(19-31(32,7)8)37-28(34)23-12-10-9-11-13-23/h9-17,26-27H,18-21H2,1-8H3. The molecule has 0 saturated carbocycles. The lowest BCUT2D eigenvalue weighted by Crippen LogP contribution is -2.64. The van der Waals surface area contributed by atoms with Gasteiger partial charge in [0.1, 0.15) is 24.6 Å². The number of piperidine rings is 1. The molecule has 3 rings (SSSR count). The molecule has 0 aromatic heterocycles. The molecule has 1 atom stereocenters. The summed E-state index contributed by atoms with van der Waals surface area (Å²) in [7, 11) is 0. The monoisotopic (exact) mass is 509 g/mol. The first-order valence-corrected chi connectivity index (χ1v) is 13.1. The van der Waals surface area contributed by atoms with E-state index >= 15 is 0 Å². The summed E-state index contributed by atoms with van der Waals surface area (Å²) in [6.07, 6.45) is 0.703. The molecule has 2 aromatic rings. The van der Waals surface area contributed by atoms with E-state index in [1.165, 1.54) is 12.5 Å². The molecule has 2 aromatic carbocycles. The molecule has 1 saturated heterocycles. The van der Waals surface area contributed by atoms with Gasteiger partial charge in [0.25, 0.3) is 0 Å². The predicted octanol–water partition coefficient (Wildman–Crippen LogP) is 6.17. The Bertz CT molecular complexity index is 1040. The first-order chi connectivity index (χ1) is 17.2. The maximum atomic E-state index is 12.7. The molecule has 1 aliphatic heterocycles. The first-order valence-electron chi connectivity index (χ1n) is 13.1. The van der Waals surface area contributed by atoms with Crippen molar-refractivity contribution >= 4 is 11.9 Å². The molecule has 37 heavy (non-hydrogen) atoms. The smallest absolute Gasteiger partial charge is 0.338 e. The highest BCUT2D eigenvalue weighted by molar-refractivity contribution is 5.89. The molecule has 202 valence electrons. The summed E-state index contributed by atoms with van der Waals surface area (Å²) < 4.78 is 17.7.